The average molecular weight is 743 g/mol. The standard InChI is InChI=1S/C54H30S2/c1-2-10-33-30-52-48(28-32(33)9-1)54-51(56-52)25-22-44-42-21-17-34(26-45(42)40-12-5-6-13-43(40)53(44)54)35-18-23-49-46(27-35)47-29-36(19-24-50(47)55-49)38-14-7-15-39-37-11-4-3-8-31(37)16-20-41(38)39/h1-30H. The Morgan fingerprint density at radius 3 is 1.61 bits per heavy atom. The van der Waals surface area contributed by atoms with Crippen molar-refractivity contribution in [3.63, 3.8) is 0 Å². The first-order valence-corrected chi connectivity index (χ1v) is 20.9. The second-order valence-corrected chi connectivity index (χ2v) is 17.3. The van der Waals surface area contributed by atoms with E-state index in [0.717, 1.165) is 0 Å². The quantitative estimate of drug-likeness (QED) is 0.155. The molecule has 2 aromatic heterocycles. The Bertz CT molecular complexity index is 3800. The van der Waals surface area contributed by atoms with Gasteiger partial charge >= 0.3 is 0 Å². The summed E-state index contributed by atoms with van der Waals surface area (Å²) in [6.45, 7) is 0. The third kappa shape index (κ3) is 4.34. The molecule has 0 N–H and O–H groups in total. The van der Waals surface area contributed by atoms with E-state index >= 15 is 0 Å². The minimum atomic E-state index is 1.24. The topological polar surface area (TPSA) is 0 Å². The summed E-state index contributed by atoms with van der Waals surface area (Å²) in [5, 5.41) is 21.0. The lowest BCUT2D eigenvalue weighted by molar-refractivity contribution is 1.70. The zero-order valence-electron chi connectivity index (χ0n) is 30.1. The van der Waals surface area contributed by atoms with Crippen LogP contribution in [0.15, 0.2) is 182 Å². The molecule has 0 nitrogen and oxygen atoms in total. The van der Waals surface area contributed by atoms with Crippen molar-refractivity contribution >= 4 is 128 Å². The molecular weight excluding hydrogens is 713 g/mol. The van der Waals surface area contributed by atoms with Gasteiger partial charge in [-0.05, 0) is 135 Å². The third-order valence-corrected chi connectivity index (χ3v) is 14.5. The molecule has 13 aromatic rings. The van der Waals surface area contributed by atoms with Crippen LogP contribution < -0.4 is 0 Å². The van der Waals surface area contributed by atoms with Crippen molar-refractivity contribution in [1.82, 2.24) is 0 Å². The first-order valence-electron chi connectivity index (χ1n) is 19.2. The van der Waals surface area contributed by atoms with Crippen molar-refractivity contribution in [3.05, 3.63) is 182 Å². The Morgan fingerprint density at radius 2 is 0.768 bits per heavy atom. The molecule has 56 heavy (non-hydrogen) atoms. The molecule has 11 aromatic carbocycles. The molecular formula is C54H30S2. The second-order valence-electron chi connectivity index (χ2n) is 15.2. The molecule has 0 saturated heterocycles. The zero-order valence-corrected chi connectivity index (χ0v) is 31.8. The van der Waals surface area contributed by atoms with Crippen molar-refractivity contribution in [2.45, 2.75) is 0 Å². The molecule has 0 unspecified atom stereocenters. The molecule has 0 fully saturated rings. The number of benzene rings is 11. The van der Waals surface area contributed by atoms with Gasteiger partial charge in [0.2, 0.25) is 0 Å². The van der Waals surface area contributed by atoms with Gasteiger partial charge in [-0.25, -0.2) is 0 Å². The summed E-state index contributed by atoms with van der Waals surface area (Å²) < 4.78 is 5.34. The maximum Gasteiger partial charge on any atom is 0.0362 e. The number of hydrogen-bond donors (Lipinski definition) is 0. The summed E-state index contributed by atoms with van der Waals surface area (Å²) in [5.41, 5.74) is 5.03. The summed E-state index contributed by atoms with van der Waals surface area (Å²) in [6.07, 6.45) is 0. The lowest BCUT2D eigenvalue weighted by Crippen LogP contribution is -1.86. The van der Waals surface area contributed by atoms with E-state index in [1.54, 1.807) is 0 Å². The Labute approximate surface area is 330 Å². The molecule has 0 radical (unpaired) electrons. The number of hydrogen-bond acceptors (Lipinski definition) is 2. The average Bonchev–Trinajstić information content (AvgIpc) is 3.82. The highest BCUT2D eigenvalue weighted by molar-refractivity contribution is 7.26. The van der Waals surface area contributed by atoms with Gasteiger partial charge in [0.15, 0.2) is 0 Å². The molecule has 258 valence electrons. The predicted octanol–water partition coefficient (Wildman–Crippen LogP) is 16.7. The fraction of sp³-hybridized carbons (Fsp3) is 0. The fourth-order valence-electron chi connectivity index (χ4n) is 9.59. The van der Waals surface area contributed by atoms with Gasteiger partial charge in [-0.3, -0.25) is 0 Å². The van der Waals surface area contributed by atoms with Crippen LogP contribution in [0, 0.1) is 0 Å². The van der Waals surface area contributed by atoms with Crippen LogP contribution in [0.2, 0.25) is 0 Å². The molecule has 0 amide bonds. The third-order valence-electron chi connectivity index (χ3n) is 12.2. The van der Waals surface area contributed by atoms with E-state index in [1.165, 1.54) is 127 Å². The number of thiophene rings is 2. The Kier molecular flexibility index (Phi) is 6.29. The number of fused-ring (bicyclic) bond motifs is 17. The van der Waals surface area contributed by atoms with Gasteiger partial charge in [-0.1, -0.05) is 133 Å². The smallest absolute Gasteiger partial charge is 0.0362 e. The molecule has 13 rings (SSSR count). The lowest BCUT2D eigenvalue weighted by atomic mass is 9.90. The molecule has 0 atom stereocenters. The molecule has 0 spiro atoms. The molecule has 0 bridgehead atoms. The SMILES string of the molecule is c1ccc2cc3c(cc2c1)sc1ccc2c4ccc(-c5ccc6sc7ccc(-c8cccc9c8ccc8ccccc89)cc7c6c5)cc4c4ccccc4c2c13. The van der Waals surface area contributed by atoms with Gasteiger partial charge in [-0.15, -0.1) is 22.7 Å². The van der Waals surface area contributed by atoms with E-state index in [2.05, 4.69) is 182 Å². The molecule has 0 aliphatic rings. The Morgan fingerprint density at radius 1 is 0.232 bits per heavy atom. The molecule has 2 heteroatoms. The van der Waals surface area contributed by atoms with Crippen LogP contribution in [0.4, 0.5) is 0 Å². The van der Waals surface area contributed by atoms with Gasteiger partial charge in [0, 0.05) is 40.3 Å². The predicted molar refractivity (Wildman–Crippen MR) is 248 cm³/mol. The first kappa shape index (κ1) is 30.7. The van der Waals surface area contributed by atoms with Crippen molar-refractivity contribution in [2.24, 2.45) is 0 Å². The fourth-order valence-corrected chi connectivity index (χ4v) is 11.8. The van der Waals surface area contributed by atoms with Crippen molar-refractivity contribution in [2.75, 3.05) is 0 Å². The van der Waals surface area contributed by atoms with E-state index in [-0.39, 0.29) is 0 Å². The highest BCUT2D eigenvalue weighted by atomic mass is 32.1. The molecule has 0 aliphatic carbocycles. The summed E-state index contributed by atoms with van der Waals surface area (Å²) in [5.74, 6) is 0. The number of rotatable bonds is 2. The summed E-state index contributed by atoms with van der Waals surface area (Å²) in [6, 6.07) is 68.5. The first-order chi connectivity index (χ1) is 27.7. The van der Waals surface area contributed by atoms with Crippen LogP contribution in [0.1, 0.15) is 0 Å². The Hall–Kier alpha value is -6.58. The zero-order chi connectivity index (χ0) is 36.5. The normalized spacial score (nSPS) is 12.3. The van der Waals surface area contributed by atoms with E-state index in [4.69, 9.17) is 0 Å². The van der Waals surface area contributed by atoms with Crippen molar-refractivity contribution in [1.29, 1.82) is 0 Å². The van der Waals surface area contributed by atoms with Crippen LogP contribution in [0.3, 0.4) is 0 Å². The molecule has 0 aliphatic heterocycles. The van der Waals surface area contributed by atoms with E-state index in [9.17, 15) is 0 Å². The van der Waals surface area contributed by atoms with Crippen LogP contribution in [0.5, 0.6) is 0 Å². The van der Waals surface area contributed by atoms with Gasteiger partial charge in [0.1, 0.15) is 0 Å². The van der Waals surface area contributed by atoms with Crippen molar-refractivity contribution in [3.8, 4) is 22.3 Å². The largest absolute Gasteiger partial charge is 0.135 e. The van der Waals surface area contributed by atoms with E-state index in [1.807, 2.05) is 22.7 Å². The minimum absolute atomic E-state index is 1.24. The Balaban J connectivity index is 0.997. The van der Waals surface area contributed by atoms with Crippen LogP contribution in [-0.4, -0.2) is 0 Å². The van der Waals surface area contributed by atoms with Gasteiger partial charge < -0.3 is 0 Å². The van der Waals surface area contributed by atoms with Gasteiger partial charge in [-0.2, -0.15) is 0 Å². The highest BCUT2D eigenvalue weighted by Crippen LogP contribution is 2.46. The van der Waals surface area contributed by atoms with Crippen LogP contribution >= 0.6 is 22.7 Å². The molecule has 2 heterocycles. The van der Waals surface area contributed by atoms with Gasteiger partial charge in [0.05, 0.1) is 0 Å². The second kappa shape index (κ2) is 11.5. The minimum Gasteiger partial charge on any atom is -0.135 e. The van der Waals surface area contributed by atoms with Crippen molar-refractivity contribution < 1.29 is 0 Å². The lowest BCUT2D eigenvalue weighted by Gasteiger charge is -2.13. The summed E-state index contributed by atoms with van der Waals surface area (Å²) >= 11 is 3.79. The maximum absolute atomic E-state index is 2.43. The summed E-state index contributed by atoms with van der Waals surface area (Å²) in [4.78, 5) is 0. The molecule has 0 saturated carbocycles. The highest BCUT2D eigenvalue weighted by Gasteiger charge is 2.17. The van der Waals surface area contributed by atoms with E-state index in [0.29, 0.717) is 0 Å². The van der Waals surface area contributed by atoms with Gasteiger partial charge in [0.25, 0.3) is 0 Å². The summed E-state index contributed by atoms with van der Waals surface area (Å²) in [7, 11) is 0. The van der Waals surface area contributed by atoms with E-state index < -0.39 is 0 Å². The monoisotopic (exact) mass is 742 g/mol. The van der Waals surface area contributed by atoms with Crippen LogP contribution in [-0.2, 0) is 0 Å². The maximum atomic E-state index is 2.43. The van der Waals surface area contributed by atoms with Crippen LogP contribution in [0.25, 0.3) is 127 Å².